The van der Waals surface area contributed by atoms with E-state index >= 15 is 0 Å². The van der Waals surface area contributed by atoms with E-state index < -0.39 is 12.2 Å². The molecular weight excluding hydrogens is 338 g/mol. The second-order valence-electron chi connectivity index (χ2n) is 5.61. The summed E-state index contributed by atoms with van der Waals surface area (Å²) in [4.78, 5) is 26.4. The summed E-state index contributed by atoms with van der Waals surface area (Å²) in [5.74, 6) is -1.34. The third kappa shape index (κ3) is 3.93. The van der Waals surface area contributed by atoms with Gasteiger partial charge in [0.25, 0.3) is 12.3 Å². The van der Waals surface area contributed by atoms with E-state index in [4.69, 9.17) is 11.6 Å². The molecule has 1 heterocycles. The van der Waals surface area contributed by atoms with Crippen molar-refractivity contribution in [3.05, 3.63) is 34.0 Å². The molecule has 0 aliphatic rings. The number of carbonyl (C=O) groups excluding carboxylic acids is 2. The Morgan fingerprint density at radius 1 is 1.33 bits per heavy atom. The van der Waals surface area contributed by atoms with E-state index in [1.54, 1.807) is 6.07 Å². The third-order valence-corrected chi connectivity index (χ3v) is 4.25. The zero-order valence-electron chi connectivity index (χ0n) is 13.5. The number of aromatic amines is 1. The van der Waals surface area contributed by atoms with Crippen molar-refractivity contribution < 1.29 is 18.4 Å². The molecule has 4 nitrogen and oxygen atoms in total. The number of hydrogen-bond acceptors (Lipinski definition) is 2. The standard InChI is InChI=1S/C17H19ClF2N2O2/c1-3-21-17(24)15-10(5-4-6-14(23)16(19)20)11-7-9(2)12(18)8-13(11)22-15/h7-8,16,22H,3-6H2,1-2H3,(H,21,24). The fraction of sp³-hybridized carbons (Fsp3) is 0.412. The number of amides is 1. The van der Waals surface area contributed by atoms with Crippen LogP contribution in [-0.4, -0.2) is 29.6 Å². The predicted molar refractivity (Wildman–Crippen MR) is 90.0 cm³/mol. The van der Waals surface area contributed by atoms with Crippen molar-refractivity contribution in [2.75, 3.05) is 6.54 Å². The Balaban J connectivity index is 2.36. The van der Waals surface area contributed by atoms with Gasteiger partial charge >= 0.3 is 0 Å². The maximum atomic E-state index is 12.3. The topological polar surface area (TPSA) is 62.0 Å². The summed E-state index contributed by atoms with van der Waals surface area (Å²) < 4.78 is 24.6. The van der Waals surface area contributed by atoms with Gasteiger partial charge in [0.2, 0.25) is 0 Å². The highest BCUT2D eigenvalue weighted by molar-refractivity contribution is 6.32. The van der Waals surface area contributed by atoms with Crippen LogP contribution in [0.3, 0.4) is 0 Å². The predicted octanol–water partition coefficient (Wildman–Crippen LogP) is 4.04. The monoisotopic (exact) mass is 356 g/mol. The minimum Gasteiger partial charge on any atom is -0.351 e. The van der Waals surface area contributed by atoms with E-state index in [-0.39, 0.29) is 18.7 Å². The fourth-order valence-electron chi connectivity index (χ4n) is 2.63. The first kappa shape index (κ1) is 18.4. The second kappa shape index (κ2) is 7.75. The Kier molecular flexibility index (Phi) is 5.94. The van der Waals surface area contributed by atoms with Crippen molar-refractivity contribution in [3.63, 3.8) is 0 Å². The Morgan fingerprint density at radius 3 is 2.67 bits per heavy atom. The summed E-state index contributed by atoms with van der Waals surface area (Å²) in [5.41, 5.74) is 2.67. The number of hydrogen-bond donors (Lipinski definition) is 2. The summed E-state index contributed by atoms with van der Waals surface area (Å²) >= 11 is 6.12. The molecular formula is C17H19ClF2N2O2. The number of rotatable bonds is 7. The van der Waals surface area contributed by atoms with Crippen LogP contribution in [-0.2, 0) is 11.2 Å². The van der Waals surface area contributed by atoms with Crippen LogP contribution in [0.1, 0.15) is 41.4 Å². The van der Waals surface area contributed by atoms with E-state index in [1.807, 2.05) is 19.9 Å². The number of carbonyl (C=O) groups is 2. The van der Waals surface area contributed by atoms with E-state index in [9.17, 15) is 18.4 Å². The summed E-state index contributed by atoms with van der Waals surface area (Å²) in [6.07, 6.45) is -2.56. The first-order valence-corrected chi connectivity index (χ1v) is 8.12. The van der Waals surface area contributed by atoms with Crippen LogP contribution in [0.4, 0.5) is 8.78 Å². The number of fused-ring (bicyclic) bond motifs is 1. The maximum absolute atomic E-state index is 12.3. The largest absolute Gasteiger partial charge is 0.351 e. The molecule has 2 N–H and O–H groups in total. The van der Waals surface area contributed by atoms with Gasteiger partial charge in [-0.15, -0.1) is 0 Å². The number of benzene rings is 1. The van der Waals surface area contributed by atoms with Crippen molar-refractivity contribution in [2.24, 2.45) is 0 Å². The maximum Gasteiger partial charge on any atom is 0.295 e. The lowest BCUT2D eigenvalue weighted by atomic mass is 10.0. The second-order valence-corrected chi connectivity index (χ2v) is 6.01. The highest BCUT2D eigenvalue weighted by Crippen LogP contribution is 2.29. The molecule has 1 aromatic carbocycles. The summed E-state index contributed by atoms with van der Waals surface area (Å²) in [7, 11) is 0. The number of Topliss-reactive ketones (excluding diaryl/α,β-unsaturated/α-hetero) is 1. The van der Waals surface area contributed by atoms with Gasteiger partial charge in [0, 0.05) is 28.9 Å². The SMILES string of the molecule is CCNC(=O)c1[nH]c2cc(Cl)c(C)cc2c1CCCC(=O)C(F)F. The first-order chi connectivity index (χ1) is 11.3. The van der Waals surface area contributed by atoms with E-state index in [1.165, 1.54) is 0 Å². The van der Waals surface area contributed by atoms with Gasteiger partial charge in [-0.2, -0.15) is 0 Å². The number of aromatic nitrogens is 1. The molecule has 130 valence electrons. The van der Waals surface area contributed by atoms with Gasteiger partial charge in [-0.05, 0) is 49.9 Å². The molecule has 0 spiro atoms. The fourth-order valence-corrected chi connectivity index (χ4v) is 2.79. The average Bonchev–Trinajstić information content (AvgIpc) is 2.86. The molecule has 0 fully saturated rings. The number of ketones is 1. The Morgan fingerprint density at radius 2 is 2.04 bits per heavy atom. The molecule has 0 saturated heterocycles. The molecule has 1 amide bonds. The van der Waals surface area contributed by atoms with Crippen LogP contribution in [0, 0.1) is 6.92 Å². The van der Waals surface area contributed by atoms with Crippen molar-refractivity contribution >= 4 is 34.2 Å². The summed E-state index contributed by atoms with van der Waals surface area (Å²) in [6.45, 7) is 4.13. The quantitative estimate of drug-likeness (QED) is 0.786. The molecule has 0 radical (unpaired) electrons. The number of nitrogens with one attached hydrogen (secondary N) is 2. The Labute approximate surface area is 143 Å². The van der Waals surface area contributed by atoms with E-state index in [2.05, 4.69) is 10.3 Å². The minimum atomic E-state index is -2.95. The first-order valence-electron chi connectivity index (χ1n) is 7.74. The van der Waals surface area contributed by atoms with Crippen LogP contribution >= 0.6 is 11.6 Å². The lowest BCUT2D eigenvalue weighted by Crippen LogP contribution is -2.24. The number of aryl methyl sites for hydroxylation is 2. The summed E-state index contributed by atoms with van der Waals surface area (Å²) in [6, 6.07) is 3.60. The van der Waals surface area contributed by atoms with Crippen LogP contribution in [0.5, 0.6) is 0 Å². The molecule has 2 aromatic rings. The van der Waals surface area contributed by atoms with Crippen molar-refractivity contribution in [1.29, 1.82) is 0 Å². The van der Waals surface area contributed by atoms with Crippen LogP contribution in [0.15, 0.2) is 12.1 Å². The smallest absolute Gasteiger partial charge is 0.295 e. The molecule has 0 atom stereocenters. The third-order valence-electron chi connectivity index (χ3n) is 3.84. The lowest BCUT2D eigenvalue weighted by Gasteiger charge is -2.06. The normalized spacial score (nSPS) is 11.2. The van der Waals surface area contributed by atoms with Crippen LogP contribution < -0.4 is 5.32 Å². The van der Waals surface area contributed by atoms with Gasteiger partial charge in [-0.1, -0.05) is 11.6 Å². The highest BCUT2D eigenvalue weighted by Gasteiger charge is 2.20. The van der Waals surface area contributed by atoms with Gasteiger partial charge in [0.05, 0.1) is 0 Å². The average molecular weight is 357 g/mol. The highest BCUT2D eigenvalue weighted by atomic mass is 35.5. The molecule has 1 aromatic heterocycles. The minimum absolute atomic E-state index is 0.217. The van der Waals surface area contributed by atoms with Crippen molar-refractivity contribution in [1.82, 2.24) is 10.3 Å². The molecule has 24 heavy (non-hydrogen) atoms. The van der Waals surface area contributed by atoms with Gasteiger partial charge in [-0.25, -0.2) is 8.78 Å². The van der Waals surface area contributed by atoms with Crippen molar-refractivity contribution in [2.45, 2.75) is 39.5 Å². The zero-order chi connectivity index (χ0) is 17.9. The van der Waals surface area contributed by atoms with Crippen LogP contribution in [0.2, 0.25) is 5.02 Å². The molecule has 2 rings (SSSR count). The summed E-state index contributed by atoms with van der Waals surface area (Å²) in [5, 5.41) is 4.12. The molecule has 7 heteroatoms. The van der Waals surface area contributed by atoms with E-state index in [0.29, 0.717) is 29.2 Å². The van der Waals surface area contributed by atoms with Gasteiger partial charge in [0.1, 0.15) is 5.69 Å². The lowest BCUT2D eigenvalue weighted by molar-refractivity contribution is -0.129. The Bertz CT molecular complexity index is 772. The van der Waals surface area contributed by atoms with Crippen molar-refractivity contribution in [3.8, 4) is 0 Å². The van der Waals surface area contributed by atoms with E-state index in [0.717, 1.165) is 16.5 Å². The van der Waals surface area contributed by atoms with Crippen LogP contribution in [0.25, 0.3) is 10.9 Å². The molecule has 0 bridgehead atoms. The van der Waals surface area contributed by atoms with Gasteiger partial charge in [-0.3, -0.25) is 9.59 Å². The number of H-pyrrole nitrogens is 1. The molecule has 0 saturated carbocycles. The Hall–Kier alpha value is -1.95. The molecule has 0 unspecified atom stereocenters. The number of halogens is 3. The number of alkyl halides is 2. The molecule has 0 aliphatic carbocycles. The van der Waals surface area contributed by atoms with Gasteiger partial charge in [0.15, 0.2) is 5.78 Å². The zero-order valence-corrected chi connectivity index (χ0v) is 14.3. The molecule has 0 aliphatic heterocycles. The van der Waals surface area contributed by atoms with Gasteiger partial charge < -0.3 is 10.3 Å².